The van der Waals surface area contributed by atoms with Crippen LogP contribution in [0.1, 0.15) is 0 Å². The lowest BCUT2D eigenvalue weighted by atomic mass is 10.7. The van der Waals surface area contributed by atoms with Crippen molar-refractivity contribution in [3.05, 3.63) is 0 Å². The minimum atomic E-state index is -0.0255. The zero-order chi connectivity index (χ0) is 6.85. The van der Waals surface area contributed by atoms with Gasteiger partial charge >= 0.3 is 0 Å². The number of carbonyl (C=O) groups is 1. The van der Waals surface area contributed by atoms with Gasteiger partial charge in [0.25, 0.3) is 5.24 Å². The van der Waals surface area contributed by atoms with Crippen LogP contribution >= 0.6 is 24.0 Å². The van der Waals surface area contributed by atoms with E-state index in [0.29, 0.717) is 6.54 Å². The molecule has 0 aromatic rings. The molecular formula is C4H6N2OS2. The molecule has 1 rings (SSSR count). The van der Waals surface area contributed by atoms with Gasteiger partial charge in [0, 0.05) is 12.3 Å². The molecule has 0 aromatic carbocycles. The van der Waals surface area contributed by atoms with Gasteiger partial charge < -0.3 is 5.73 Å². The maximum atomic E-state index is 10.7. The standard InChI is InChI=1S/C4H6N2OS2/c5-3(8)6-1-2-9-4(6)7/h1-2H2,(H2,5,8). The molecule has 9 heavy (non-hydrogen) atoms. The number of carbonyl (C=O) groups excluding carboxylic acids is 1. The van der Waals surface area contributed by atoms with Gasteiger partial charge in [0.1, 0.15) is 0 Å². The van der Waals surface area contributed by atoms with E-state index in [2.05, 4.69) is 12.2 Å². The van der Waals surface area contributed by atoms with Gasteiger partial charge in [-0.25, -0.2) is 0 Å². The summed E-state index contributed by atoms with van der Waals surface area (Å²) in [6.07, 6.45) is 0. The van der Waals surface area contributed by atoms with Crippen LogP contribution in [0.2, 0.25) is 0 Å². The molecule has 0 unspecified atom stereocenters. The molecule has 0 aromatic heterocycles. The van der Waals surface area contributed by atoms with E-state index >= 15 is 0 Å². The maximum Gasteiger partial charge on any atom is 0.287 e. The summed E-state index contributed by atoms with van der Waals surface area (Å²) in [4.78, 5) is 12.1. The van der Waals surface area contributed by atoms with E-state index in [1.807, 2.05) is 0 Å². The molecule has 3 nitrogen and oxygen atoms in total. The van der Waals surface area contributed by atoms with E-state index in [0.717, 1.165) is 5.75 Å². The minimum absolute atomic E-state index is 0.0255. The second-order valence-electron chi connectivity index (χ2n) is 1.60. The summed E-state index contributed by atoms with van der Waals surface area (Å²) in [5.41, 5.74) is 5.21. The molecule has 0 bridgehead atoms. The molecule has 1 aliphatic rings. The summed E-state index contributed by atoms with van der Waals surface area (Å²) in [5, 5.41) is 0.160. The Labute approximate surface area is 62.6 Å². The highest BCUT2D eigenvalue weighted by molar-refractivity contribution is 8.14. The number of amides is 1. The first kappa shape index (κ1) is 6.82. The van der Waals surface area contributed by atoms with Crippen LogP contribution in [0.4, 0.5) is 4.79 Å². The van der Waals surface area contributed by atoms with Crippen molar-refractivity contribution < 1.29 is 4.79 Å². The van der Waals surface area contributed by atoms with Crippen LogP contribution in [0.3, 0.4) is 0 Å². The molecule has 1 heterocycles. The third-order valence-electron chi connectivity index (χ3n) is 1.03. The van der Waals surface area contributed by atoms with Crippen molar-refractivity contribution in [2.75, 3.05) is 12.3 Å². The average molecular weight is 162 g/mol. The quantitative estimate of drug-likeness (QED) is 0.524. The van der Waals surface area contributed by atoms with Crippen molar-refractivity contribution >= 4 is 34.3 Å². The van der Waals surface area contributed by atoms with Crippen molar-refractivity contribution in [2.24, 2.45) is 5.73 Å². The second-order valence-corrected chi connectivity index (χ2v) is 3.07. The second kappa shape index (κ2) is 2.53. The van der Waals surface area contributed by atoms with Crippen molar-refractivity contribution in [1.82, 2.24) is 4.90 Å². The SMILES string of the molecule is NC(=S)N1CCSC1=O. The zero-order valence-corrected chi connectivity index (χ0v) is 6.30. The lowest BCUT2D eigenvalue weighted by Crippen LogP contribution is -2.35. The van der Waals surface area contributed by atoms with Crippen LogP contribution in [0.15, 0.2) is 0 Å². The number of nitrogens with two attached hydrogens (primary N) is 1. The Kier molecular flexibility index (Phi) is 1.92. The molecule has 0 spiro atoms. The first-order valence-corrected chi connectivity index (χ1v) is 3.85. The van der Waals surface area contributed by atoms with Crippen LogP contribution in [0.25, 0.3) is 0 Å². The fourth-order valence-electron chi connectivity index (χ4n) is 0.594. The van der Waals surface area contributed by atoms with Gasteiger partial charge in [-0.3, -0.25) is 9.69 Å². The molecule has 0 radical (unpaired) electrons. The summed E-state index contributed by atoms with van der Waals surface area (Å²) in [5.74, 6) is 0.802. The zero-order valence-electron chi connectivity index (χ0n) is 4.66. The van der Waals surface area contributed by atoms with Crippen molar-refractivity contribution in [3.8, 4) is 0 Å². The van der Waals surface area contributed by atoms with Crippen LogP contribution in [0.5, 0.6) is 0 Å². The first-order valence-electron chi connectivity index (χ1n) is 2.45. The molecule has 5 heteroatoms. The van der Waals surface area contributed by atoms with Gasteiger partial charge in [0.2, 0.25) is 0 Å². The van der Waals surface area contributed by atoms with Crippen molar-refractivity contribution in [1.29, 1.82) is 0 Å². The van der Waals surface area contributed by atoms with E-state index in [-0.39, 0.29) is 10.4 Å². The topological polar surface area (TPSA) is 46.3 Å². The highest BCUT2D eigenvalue weighted by atomic mass is 32.2. The summed E-state index contributed by atoms with van der Waals surface area (Å²) >= 11 is 5.86. The fourth-order valence-corrected chi connectivity index (χ4v) is 1.62. The third-order valence-corrected chi connectivity index (χ3v) is 2.10. The van der Waals surface area contributed by atoms with E-state index in [9.17, 15) is 4.79 Å². The summed E-state index contributed by atoms with van der Waals surface area (Å²) in [6, 6.07) is 0. The van der Waals surface area contributed by atoms with Gasteiger partial charge in [-0.15, -0.1) is 0 Å². The molecule has 1 saturated heterocycles. The average Bonchev–Trinajstić information content (AvgIpc) is 2.13. The van der Waals surface area contributed by atoms with E-state index in [1.54, 1.807) is 0 Å². The molecule has 50 valence electrons. The van der Waals surface area contributed by atoms with Gasteiger partial charge in [-0.2, -0.15) is 0 Å². The molecule has 2 N–H and O–H groups in total. The van der Waals surface area contributed by atoms with Crippen molar-refractivity contribution in [3.63, 3.8) is 0 Å². The van der Waals surface area contributed by atoms with Gasteiger partial charge in [0.05, 0.1) is 0 Å². The van der Waals surface area contributed by atoms with E-state index < -0.39 is 0 Å². The molecule has 0 saturated carbocycles. The Morgan fingerprint density at radius 1 is 1.89 bits per heavy atom. The Morgan fingerprint density at radius 3 is 2.78 bits per heavy atom. The Hall–Kier alpha value is -0.290. The minimum Gasteiger partial charge on any atom is -0.376 e. The van der Waals surface area contributed by atoms with E-state index in [4.69, 9.17) is 5.73 Å². The van der Waals surface area contributed by atoms with Crippen LogP contribution in [0, 0.1) is 0 Å². The highest BCUT2D eigenvalue weighted by Gasteiger charge is 2.22. The number of rotatable bonds is 0. The largest absolute Gasteiger partial charge is 0.376 e. The van der Waals surface area contributed by atoms with Crippen LogP contribution < -0.4 is 5.73 Å². The number of thioether (sulfide) groups is 1. The smallest absolute Gasteiger partial charge is 0.287 e. The summed E-state index contributed by atoms with van der Waals surface area (Å²) < 4.78 is 0. The Balaban J connectivity index is 2.60. The molecule has 0 aliphatic carbocycles. The number of hydrogen-bond acceptors (Lipinski definition) is 3. The third kappa shape index (κ3) is 1.34. The first-order chi connectivity index (χ1) is 4.22. The molecule has 1 amide bonds. The summed E-state index contributed by atoms with van der Waals surface area (Å²) in [7, 11) is 0. The van der Waals surface area contributed by atoms with Crippen LogP contribution in [-0.4, -0.2) is 27.5 Å². The fraction of sp³-hybridized carbons (Fsp3) is 0.500. The Bertz CT molecular complexity index is 159. The molecule has 1 aliphatic heterocycles. The summed E-state index contributed by atoms with van der Waals surface area (Å²) in [6.45, 7) is 0.666. The molecule has 0 atom stereocenters. The predicted molar refractivity (Wildman–Crippen MR) is 41.3 cm³/mol. The maximum absolute atomic E-state index is 10.7. The number of thiocarbonyl (C=S) groups is 1. The van der Waals surface area contributed by atoms with Crippen LogP contribution in [-0.2, 0) is 0 Å². The van der Waals surface area contributed by atoms with Gasteiger partial charge in [0.15, 0.2) is 5.11 Å². The number of hydrogen-bond donors (Lipinski definition) is 1. The molecule has 1 fully saturated rings. The molecular weight excluding hydrogens is 156 g/mol. The monoisotopic (exact) mass is 162 g/mol. The van der Waals surface area contributed by atoms with Gasteiger partial charge in [-0.1, -0.05) is 11.8 Å². The van der Waals surface area contributed by atoms with Gasteiger partial charge in [-0.05, 0) is 12.2 Å². The number of nitrogens with zero attached hydrogens (tertiary/aromatic N) is 1. The lowest BCUT2D eigenvalue weighted by molar-refractivity contribution is 0.248. The Morgan fingerprint density at radius 2 is 2.56 bits per heavy atom. The highest BCUT2D eigenvalue weighted by Crippen LogP contribution is 2.16. The lowest BCUT2D eigenvalue weighted by Gasteiger charge is -2.09. The normalized spacial score (nSPS) is 18.7. The van der Waals surface area contributed by atoms with E-state index in [1.165, 1.54) is 16.7 Å². The van der Waals surface area contributed by atoms with Crippen molar-refractivity contribution in [2.45, 2.75) is 0 Å². The predicted octanol–water partition coefficient (Wildman–Crippen LogP) is 0.399.